The molecule has 2 aliphatic rings. The van der Waals surface area contributed by atoms with Gasteiger partial charge in [-0.15, -0.1) is 0 Å². The lowest BCUT2D eigenvalue weighted by Crippen LogP contribution is -2.46. The van der Waals surface area contributed by atoms with E-state index in [9.17, 15) is 19.3 Å². The van der Waals surface area contributed by atoms with Crippen molar-refractivity contribution >= 4 is 52.3 Å². The minimum atomic E-state index is -3.97. The number of hydrogen-bond acceptors (Lipinski definition) is 13. The van der Waals surface area contributed by atoms with Gasteiger partial charge in [-0.1, -0.05) is 41.5 Å². The van der Waals surface area contributed by atoms with Gasteiger partial charge in [0.25, 0.3) is 11.1 Å². The van der Waals surface area contributed by atoms with Gasteiger partial charge in [0.05, 0.1) is 31.7 Å². The fourth-order valence-corrected chi connectivity index (χ4v) is 9.51. The van der Waals surface area contributed by atoms with Crippen LogP contribution in [0.2, 0.25) is 36.3 Å². The summed E-state index contributed by atoms with van der Waals surface area (Å²) in [6.45, 7) is 18.8. The molecule has 2 fully saturated rings. The van der Waals surface area contributed by atoms with Crippen molar-refractivity contribution in [3.8, 4) is 0 Å². The normalized spacial score (nSPS) is 25.7. The summed E-state index contributed by atoms with van der Waals surface area (Å²) in [5.41, 5.74) is 4.97. The molecule has 3 aromatic rings. The molecule has 0 aromatic carbocycles. The highest BCUT2D eigenvalue weighted by molar-refractivity contribution is 8.07. The Morgan fingerprint density at radius 2 is 1.53 bits per heavy atom. The first-order valence-electron chi connectivity index (χ1n) is 17.6. The zero-order valence-corrected chi connectivity index (χ0v) is 36.0. The van der Waals surface area contributed by atoms with Crippen molar-refractivity contribution in [1.82, 2.24) is 29.1 Å². The average molecular weight is 816 g/mol. The first kappa shape index (κ1) is 41.8. The van der Waals surface area contributed by atoms with Crippen molar-refractivity contribution in [3.05, 3.63) is 49.3 Å². The molecule has 7 atom stereocenters. The summed E-state index contributed by atoms with van der Waals surface area (Å²) in [5.74, 6) is -0.0546. The maximum absolute atomic E-state index is 12.8. The molecule has 0 aliphatic carbocycles. The van der Waals surface area contributed by atoms with E-state index < -0.39 is 77.0 Å². The van der Waals surface area contributed by atoms with Gasteiger partial charge in [-0.3, -0.25) is 28.7 Å². The van der Waals surface area contributed by atoms with Gasteiger partial charge in [0.15, 0.2) is 27.8 Å². The number of hydrogen-bond donors (Lipinski definition) is 4. The van der Waals surface area contributed by atoms with E-state index in [0.29, 0.717) is 12.0 Å². The van der Waals surface area contributed by atoms with E-state index in [1.807, 2.05) is 0 Å². The molecule has 0 radical (unpaired) electrons. The third kappa shape index (κ3) is 9.20. The molecule has 0 spiro atoms. The summed E-state index contributed by atoms with van der Waals surface area (Å²) in [4.78, 5) is 62.2. The van der Waals surface area contributed by atoms with Crippen LogP contribution in [0.1, 0.15) is 72.4 Å². The summed E-state index contributed by atoms with van der Waals surface area (Å²) in [6.07, 6.45) is -0.776. The minimum Gasteiger partial charge on any atom is -0.414 e. The number of imidazole rings is 1. The number of nitrogens with one attached hydrogen (secondary N) is 2. The molecule has 3 aromatic heterocycles. The first-order chi connectivity index (χ1) is 24.3. The molecule has 296 valence electrons. The van der Waals surface area contributed by atoms with Crippen LogP contribution in [0.5, 0.6) is 0 Å². The average Bonchev–Trinajstić information content (AvgIpc) is 3.72. The predicted molar refractivity (Wildman–Crippen MR) is 208 cm³/mol. The summed E-state index contributed by atoms with van der Waals surface area (Å²) in [7, 11) is -4.58. The van der Waals surface area contributed by atoms with Crippen molar-refractivity contribution in [2.75, 3.05) is 18.9 Å². The summed E-state index contributed by atoms with van der Waals surface area (Å²) in [6, 6.07) is 0. The van der Waals surface area contributed by atoms with Crippen molar-refractivity contribution < 1.29 is 32.3 Å². The molecule has 2 aliphatic heterocycles. The molecule has 0 saturated carbocycles. The van der Waals surface area contributed by atoms with Crippen molar-refractivity contribution in [2.45, 2.75) is 134 Å². The van der Waals surface area contributed by atoms with Crippen molar-refractivity contribution in [1.29, 1.82) is 0 Å². The van der Waals surface area contributed by atoms with Crippen LogP contribution in [0.3, 0.4) is 0 Å². The van der Waals surface area contributed by atoms with E-state index in [-0.39, 0.29) is 46.8 Å². The number of aryl methyl sites for hydroxylation is 1. The van der Waals surface area contributed by atoms with Crippen molar-refractivity contribution in [3.63, 3.8) is 0 Å². The van der Waals surface area contributed by atoms with Crippen molar-refractivity contribution in [2.24, 2.45) is 0 Å². The SMILES string of the molecule is Cc1cn(C2CC(OP(O)(=S)OCC3OC(n4cnc5c(=O)[nH]c(N)nc54)CC3O[Si](C)(C)C(C)(C)C)C(CO[Si](C)(C)C(C)(C)C)O2)c(=O)[nH]c1=O. The third-order valence-corrected chi connectivity index (χ3v) is 21.5. The number of fused-ring (bicyclic) bond motifs is 1. The zero-order chi connectivity index (χ0) is 39.5. The molecule has 53 heavy (non-hydrogen) atoms. The number of nitrogen functional groups attached to an aromatic ring is 1. The Morgan fingerprint density at radius 1 is 0.943 bits per heavy atom. The fraction of sp³-hybridized carbons (Fsp3) is 0.719. The second-order valence-electron chi connectivity index (χ2n) is 16.9. The highest BCUT2D eigenvalue weighted by atomic mass is 32.5. The number of nitrogens with zero attached hydrogens (tertiary/aromatic N) is 4. The maximum Gasteiger partial charge on any atom is 0.330 e. The Labute approximate surface area is 315 Å². The molecule has 0 amide bonds. The lowest BCUT2D eigenvalue weighted by atomic mass is 10.2. The van der Waals surface area contributed by atoms with Crippen LogP contribution in [0.4, 0.5) is 5.95 Å². The number of H-pyrrole nitrogens is 2. The number of ether oxygens (including phenoxy) is 2. The number of nitrogens with two attached hydrogens (primary N) is 1. The van der Waals surface area contributed by atoms with Gasteiger partial charge in [-0.25, -0.2) is 9.78 Å². The van der Waals surface area contributed by atoms with E-state index in [0.717, 1.165) is 0 Å². The van der Waals surface area contributed by atoms with Crippen LogP contribution in [0, 0.1) is 6.92 Å². The molecule has 5 rings (SSSR count). The van der Waals surface area contributed by atoms with E-state index in [1.54, 1.807) is 11.5 Å². The predicted octanol–water partition coefficient (Wildman–Crippen LogP) is 4.17. The maximum atomic E-state index is 12.8. The van der Waals surface area contributed by atoms with Gasteiger partial charge in [0, 0.05) is 24.6 Å². The molecule has 5 N–H and O–H groups in total. The van der Waals surface area contributed by atoms with E-state index in [4.69, 9.17) is 44.9 Å². The van der Waals surface area contributed by atoms with Gasteiger partial charge < -0.3 is 38.0 Å². The van der Waals surface area contributed by atoms with Gasteiger partial charge in [0.1, 0.15) is 24.7 Å². The Bertz CT molecular complexity index is 2040. The zero-order valence-electron chi connectivity index (χ0n) is 32.3. The largest absolute Gasteiger partial charge is 0.414 e. The van der Waals surface area contributed by atoms with Crippen LogP contribution >= 0.6 is 6.72 Å². The first-order valence-corrected chi connectivity index (χ1v) is 26.0. The lowest BCUT2D eigenvalue weighted by Gasteiger charge is -2.39. The van der Waals surface area contributed by atoms with E-state index in [1.165, 1.54) is 17.1 Å². The molecule has 17 nitrogen and oxygen atoms in total. The fourth-order valence-electron chi connectivity index (χ4n) is 5.66. The van der Waals surface area contributed by atoms with Gasteiger partial charge in [-0.05, 0) is 55.0 Å². The molecule has 5 heterocycles. The summed E-state index contributed by atoms with van der Waals surface area (Å²) < 4.78 is 41.2. The van der Waals surface area contributed by atoms with Gasteiger partial charge in [0.2, 0.25) is 5.95 Å². The van der Waals surface area contributed by atoms with Crippen LogP contribution in [-0.4, -0.2) is 88.2 Å². The lowest BCUT2D eigenvalue weighted by molar-refractivity contribution is -0.0496. The van der Waals surface area contributed by atoms with Crippen LogP contribution in [-0.2, 0) is 39.2 Å². The van der Waals surface area contributed by atoms with Crippen LogP contribution in [0.25, 0.3) is 11.2 Å². The van der Waals surface area contributed by atoms with Crippen LogP contribution < -0.4 is 22.5 Å². The Hall–Kier alpha value is -2.37. The highest BCUT2D eigenvalue weighted by Crippen LogP contribution is 2.50. The molecular weight excluding hydrogens is 762 g/mol. The van der Waals surface area contributed by atoms with E-state index >= 15 is 0 Å². The molecular formula is C32H54N7O10PSSi2. The molecule has 21 heteroatoms. The number of aromatic nitrogens is 6. The topological polar surface area (TPSA) is 220 Å². The third-order valence-electron chi connectivity index (χ3n) is 10.9. The smallest absolute Gasteiger partial charge is 0.330 e. The van der Waals surface area contributed by atoms with E-state index in [2.05, 4.69) is 87.7 Å². The highest BCUT2D eigenvalue weighted by Gasteiger charge is 2.47. The second kappa shape index (κ2) is 14.9. The molecule has 2 saturated heterocycles. The number of rotatable bonds is 12. The Morgan fingerprint density at radius 3 is 2.15 bits per heavy atom. The molecule has 7 unspecified atom stereocenters. The van der Waals surface area contributed by atoms with Gasteiger partial charge >= 0.3 is 12.4 Å². The molecule has 0 bridgehead atoms. The van der Waals surface area contributed by atoms with Crippen LogP contribution in [0.15, 0.2) is 26.9 Å². The number of anilines is 1. The summed E-state index contributed by atoms with van der Waals surface area (Å²) in [5, 5.41) is -0.212. The minimum absolute atomic E-state index is 0.0546. The van der Waals surface area contributed by atoms with Gasteiger partial charge in [-0.2, -0.15) is 4.98 Å². The second-order valence-corrected chi connectivity index (χ2v) is 29.2. The number of aromatic amines is 2. The Kier molecular flexibility index (Phi) is 11.8. The standard InChI is InChI=1S/C32H54N7O10PSSi2/c1-18-14-38(30(42)37-27(18)40)23-12-19(22(47-23)16-45-52(8,9)31(2,3)4)48-50(43,51)44-15-21-20(49-53(10,11)32(5,6)7)13-24(46-21)39-17-34-25-26(39)35-29(33)36-28(25)41/h14,17,19-24H,12-13,15-16H2,1-11H3,(H,43,51)(H,37,40,42)(H3,33,35,36,41). The Balaban J connectivity index is 1.37. The summed E-state index contributed by atoms with van der Waals surface area (Å²) >= 11 is 5.57. The quantitative estimate of drug-likeness (QED) is 0.149. The monoisotopic (exact) mass is 815 g/mol.